The lowest BCUT2D eigenvalue weighted by molar-refractivity contribution is 0.239. The molecule has 0 fully saturated rings. The van der Waals surface area contributed by atoms with Crippen LogP contribution in [0.15, 0.2) is 16.7 Å². The van der Waals surface area contributed by atoms with Crippen molar-refractivity contribution in [3.63, 3.8) is 0 Å². The highest BCUT2D eigenvalue weighted by Crippen LogP contribution is 2.13. The molecule has 0 saturated carbocycles. The van der Waals surface area contributed by atoms with Gasteiger partial charge in [-0.2, -0.15) is 0 Å². The smallest absolute Gasteiger partial charge is 0.122 e. The van der Waals surface area contributed by atoms with E-state index in [4.69, 9.17) is 4.42 Å². The van der Waals surface area contributed by atoms with Crippen molar-refractivity contribution in [2.24, 2.45) is 0 Å². The first-order chi connectivity index (χ1) is 9.17. The summed E-state index contributed by atoms with van der Waals surface area (Å²) >= 11 is 0. The average molecular weight is 267 g/mol. The summed E-state index contributed by atoms with van der Waals surface area (Å²) in [7, 11) is 4.24. The monoisotopic (exact) mass is 267 g/mol. The molecule has 0 aliphatic heterocycles. The molecule has 1 aromatic rings. The minimum atomic E-state index is 0.900. The topological polar surface area (TPSA) is 31.7 Å². The Labute approximate surface area is 117 Å². The van der Waals surface area contributed by atoms with Crippen LogP contribution in [0.25, 0.3) is 0 Å². The van der Waals surface area contributed by atoms with Gasteiger partial charge in [-0.25, -0.2) is 0 Å². The molecule has 0 atom stereocenters. The summed E-state index contributed by atoms with van der Waals surface area (Å²) in [6.07, 6.45) is 3.00. The molecule has 110 valence electrons. The van der Waals surface area contributed by atoms with E-state index in [1.807, 2.05) is 0 Å². The Morgan fingerprint density at radius 2 is 2.00 bits per heavy atom. The molecule has 4 heteroatoms. The highest BCUT2D eigenvalue weighted by Gasteiger charge is 2.10. The minimum absolute atomic E-state index is 0.900. The quantitative estimate of drug-likeness (QED) is 0.704. The minimum Gasteiger partial charge on any atom is -0.468 e. The SMILES string of the molecule is CCNCc1ccoc1CN(CC)CCCN(C)C. The molecular formula is C15H29N3O. The van der Waals surface area contributed by atoms with Crippen molar-refractivity contribution < 1.29 is 4.42 Å². The molecule has 19 heavy (non-hydrogen) atoms. The summed E-state index contributed by atoms with van der Waals surface area (Å²) in [6.45, 7) is 10.5. The predicted octanol–water partition coefficient (Wildman–Crippen LogP) is 2.16. The maximum absolute atomic E-state index is 5.63. The van der Waals surface area contributed by atoms with Crippen molar-refractivity contribution in [3.8, 4) is 0 Å². The molecule has 1 aromatic heterocycles. The van der Waals surface area contributed by atoms with Crippen LogP contribution >= 0.6 is 0 Å². The lowest BCUT2D eigenvalue weighted by Crippen LogP contribution is -2.27. The van der Waals surface area contributed by atoms with E-state index in [1.165, 1.54) is 12.0 Å². The van der Waals surface area contributed by atoms with Crippen molar-refractivity contribution in [1.82, 2.24) is 15.1 Å². The third-order valence-corrected chi connectivity index (χ3v) is 3.30. The molecule has 0 bridgehead atoms. The summed E-state index contributed by atoms with van der Waals surface area (Å²) in [5.41, 5.74) is 1.29. The Kier molecular flexibility index (Phi) is 7.79. The van der Waals surface area contributed by atoms with Crippen LogP contribution in [0.3, 0.4) is 0 Å². The van der Waals surface area contributed by atoms with E-state index in [9.17, 15) is 0 Å². The molecule has 0 spiro atoms. The average Bonchev–Trinajstić information content (AvgIpc) is 2.82. The van der Waals surface area contributed by atoms with Crippen molar-refractivity contribution in [2.75, 3.05) is 40.3 Å². The van der Waals surface area contributed by atoms with Gasteiger partial charge in [-0.05, 0) is 52.8 Å². The first-order valence-electron chi connectivity index (χ1n) is 7.30. The lowest BCUT2D eigenvalue weighted by atomic mass is 10.2. The zero-order valence-electron chi connectivity index (χ0n) is 12.9. The Balaban J connectivity index is 2.43. The summed E-state index contributed by atoms with van der Waals surface area (Å²) < 4.78 is 5.63. The van der Waals surface area contributed by atoms with Crippen molar-refractivity contribution >= 4 is 0 Å². The highest BCUT2D eigenvalue weighted by molar-refractivity contribution is 5.16. The van der Waals surface area contributed by atoms with Crippen LogP contribution in [-0.4, -0.2) is 50.1 Å². The molecule has 0 aliphatic rings. The van der Waals surface area contributed by atoms with Crippen LogP contribution in [0.1, 0.15) is 31.6 Å². The molecule has 0 saturated heterocycles. The van der Waals surface area contributed by atoms with Crippen molar-refractivity contribution in [2.45, 2.75) is 33.4 Å². The van der Waals surface area contributed by atoms with Gasteiger partial charge in [0, 0.05) is 12.1 Å². The fourth-order valence-corrected chi connectivity index (χ4v) is 2.09. The fourth-order valence-electron chi connectivity index (χ4n) is 2.09. The van der Waals surface area contributed by atoms with E-state index in [0.717, 1.165) is 45.0 Å². The molecule has 1 rings (SSSR count). The molecule has 4 nitrogen and oxygen atoms in total. The van der Waals surface area contributed by atoms with Crippen LogP contribution in [-0.2, 0) is 13.1 Å². The number of nitrogens with one attached hydrogen (secondary N) is 1. The third-order valence-electron chi connectivity index (χ3n) is 3.30. The van der Waals surface area contributed by atoms with E-state index in [0.29, 0.717) is 0 Å². The normalized spacial score (nSPS) is 11.7. The number of hydrogen-bond donors (Lipinski definition) is 1. The number of nitrogens with zero attached hydrogens (tertiary/aromatic N) is 2. The van der Waals surface area contributed by atoms with Gasteiger partial charge in [-0.15, -0.1) is 0 Å². The van der Waals surface area contributed by atoms with Gasteiger partial charge >= 0.3 is 0 Å². The van der Waals surface area contributed by atoms with E-state index in [1.54, 1.807) is 6.26 Å². The summed E-state index contributed by atoms with van der Waals surface area (Å²) in [5.74, 6) is 1.10. The van der Waals surface area contributed by atoms with E-state index >= 15 is 0 Å². The van der Waals surface area contributed by atoms with Gasteiger partial charge < -0.3 is 14.6 Å². The number of rotatable bonds is 10. The second-order valence-electron chi connectivity index (χ2n) is 5.17. The molecule has 0 aromatic carbocycles. The van der Waals surface area contributed by atoms with E-state index < -0.39 is 0 Å². The summed E-state index contributed by atoms with van der Waals surface area (Å²) in [6, 6.07) is 2.08. The maximum Gasteiger partial charge on any atom is 0.122 e. The summed E-state index contributed by atoms with van der Waals surface area (Å²) in [4.78, 5) is 4.68. The van der Waals surface area contributed by atoms with Gasteiger partial charge in [-0.1, -0.05) is 13.8 Å². The van der Waals surface area contributed by atoms with Gasteiger partial charge in [0.2, 0.25) is 0 Å². The first-order valence-corrected chi connectivity index (χ1v) is 7.30. The second-order valence-corrected chi connectivity index (χ2v) is 5.17. The van der Waals surface area contributed by atoms with Crippen LogP contribution in [0.2, 0.25) is 0 Å². The standard InChI is InChI=1S/C15H29N3O/c1-5-16-12-14-8-11-19-15(14)13-18(6-2)10-7-9-17(3)4/h8,11,16H,5-7,9-10,12-13H2,1-4H3. The highest BCUT2D eigenvalue weighted by atomic mass is 16.3. The Hall–Kier alpha value is -0.840. The van der Waals surface area contributed by atoms with Gasteiger partial charge in [0.15, 0.2) is 0 Å². The molecule has 0 aliphatic carbocycles. The van der Waals surface area contributed by atoms with Crippen LogP contribution < -0.4 is 5.32 Å². The molecule has 1 heterocycles. The fraction of sp³-hybridized carbons (Fsp3) is 0.733. The Morgan fingerprint density at radius 3 is 2.63 bits per heavy atom. The molecular weight excluding hydrogens is 238 g/mol. The number of hydrogen-bond acceptors (Lipinski definition) is 4. The van der Waals surface area contributed by atoms with Gasteiger partial charge in [0.05, 0.1) is 12.8 Å². The Morgan fingerprint density at radius 1 is 1.21 bits per heavy atom. The summed E-state index contributed by atoms with van der Waals surface area (Å²) in [5, 5.41) is 3.36. The van der Waals surface area contributed by atoms with E-state index in [-0.39, 0.29) is 0 Å². The first kappa shape index (κ1) is 16.2. The lowest BCUT2D eigenvalue weighted by Gasteiger charge is -2.21. The maximum atomic E-state index is 5.63. The largest absolute Gasteiger partial charge is 0.468 e. The van der Waals surface area contributed by atoms with Crippen LogP contribution in [0.5, 0.6) is 0 Å². The van der Waals surface area contributed by atoms with Gasteiger partial charge in [0.1, 0.15) is 5.76 Å². The van der Waals surface area contributed by atoms with Gasteiger partial charge in [0.25, 0.3) is 0 Å². The molecule has 1 N–H and O–H groups in total. The molecule has 0 unspecified atom stereocenters. The number of furan rings is 1. The molecule has 0 radical (unpaired) electrons. The third kappa shape index (κ3) is 6.23. The molecule has 0 amide bonds. The predicted molar refractivity (Wildman–Crippen MR) is 80.2 cm³/mol. The van der Waals surface area contributed by atoms with Crippen molar-refractivity contribution in [1.29, 1.82) is 0 Å². The van der Waals surface area contributed by atoms with Crippen molar-refractivity contribution in [3.05, 3.63) is 23.7 Å². The van der Waals surface area contributed by atoms with Gasteiger partial charge in [-0.3, -0.25) is 4.90 Å². The van der Waals surface area contributed by atoms with Crippen LogP contribution in [0, 0.1) is 0 Å². The van der Waals surface area contributed by atoms with Crippen LogP contribution in [0.4, 0.5) is 0 Å². The Bertz CT molecular complexity index is 336. The zero-order chi connectivity index (χ0) is 14.1. The second kappa shape index (κ2) is 9.13. The van der Waals surface area contributed by atoms with E-state index in [2.05, 4.69) is 49.1 Å². The zero-order valence-corrected chi connectivity index (χ0v) is 12.9.